The largest absolute Gasteiger partial charge is 0.484 e. The lowest BCUT2D eigenvalue weighted by Gasteiger charge is -2.31. The van der Waals surface area contributed by atoms with Crippen molar-refractivity contribution in [3.63, 3.8) is 0 Å². The highest BCUT2D eigenvalue weighted by Crippen LogP contribution is 2.32. The van der Waals surface area contributed by atoms with Gasteiger partial charge in [-0.15, -0.1) is 0 Å². The second-order valence-electron chi connectivity index (χ2n) is 11.5. The summed E-state index contributed by atoms with van der Waals surface area (Å²) < 4.78 is 63.2. The number of morpholine rings is 1. The number of carbonyl (C=O) groups excluding carboxylic acids is 2. The zero-order valence-corrected chi connectivity index (χ0v) is 27.4. The Labute approximate surface area is 284 Å². The van der Waals surface area contributed by atoms with E-state index < -0.39 is 40.3 Å². The van der Waals surface area contributed by atoms with Gasteiger partial charge in [0.15, 0.2) is 18.1 Å². The van der Waals surface area contributed by atoms with Crippen LogP contribution in [0, 0.1) is 5.82 Å². The van der Waals surface area contributed by atoms with Crippen LogP contribution in [0.3, 0.4) is 0 Å². The Hall–Kier alpha value is -4.98. The quantitative estimate of drug-likeness (QED) is 0.224. The second kappa shape index (κ2) is 15.5. The first-order chi connectivity index (χ1) is 23.8. The molecule has 0 aliphatic carbocycles. The van der Waals surface area contributed by atoms with E-state index in [9.17, 15) is 22.4 Å². The topological polar surface area (TPSA) is 124 Å². The third-order valence-corrected chi connectivity index (χ3v) is 10.1. The summed E-state index contributed by atoms with van der Waals surface area (Å²) in [5.74, 6) is 0.184. The van der Waals surface area contributed by atoms with Crippen molar-refractivity contribution in [2.45, 2.75) is 30.4 Å². The Kier molecular flexibility index (Phi) is 10.7. The summed E-state index contributed by atoms with van der Waals surface area (Å²) in [6.45, 7) is 1.09. The van der Waals surface area contributed by atoms with Gasteiger partial charge < -0.3 is 29.2 Å². The maximum absolute atomic E-state index is 14.0. The molecule has 1 fully saturated rings. The van der Waals surface area contributed by atoms with Crippen molar-refractivity contribution < 1.29 is 41.3 Å². The van der Waals surface area contributed by atoms with E-state index in [0.29, 0.717) is 30.3 Å². The number of nitrogens with one attached hydrogen (secondary N) is 1. The van der Waals surface area contributed by atoms with Crippen LogP contribution < -0.4 is 19.5 Å². The zero-order chi connectivity index (χ0) is 34.2. The predicted octanol–water partition coefficient (Wildman–Crippen LogP) is 3.91. The minimum atomic E-state index is -3.70. The Morgan fingerprint density at radius 2 is 1.55 bits per heavy atom. The van der Waals surface area contributed by atoms with Gasteiger partial charge in [-0.25, -0.2) is 12.8 Å². The van der Waals surface area contributed by atoms with Crippen molar-refractivity contribution >= 4 is 21.8 Å². The number of carbonyl (C=O) groups is 2. The summed E-state index contributed by atoms with van der Waals surface area (Å²) in [6, 6.07) is 25.3. The Morgan fingerprint density at radius 3 is 2.29 bits per heavy atom. The molecule has 2 amide bonds. The predicted molar refractivity (Wildman–Crippen MR) is 177 cm³/mol. The van der Waals surface area contributed by atoms with E-state index in [1.807, 2.05) is 36.4 Å². The first-order valence-electron chi connectivity index (χ1n) is 15.8. The van der Waals surface area contributed by atoms with Crippen molar-refractivity contribution in [2.24, 2.45) is 0 Å². The molecule has 0 aromatic heterocycles. The van der Waals surface area contributed by atoms with Crippen LogP contribution >= 0.6 is 0 Å². The molecule has 11 nitrogen and oxygen atoms in total. The first kappa shape index (κ1) is 33.9. The molecule has 0 unspecified atom stereocenters. The van der Waals surface area contributed by atoms with Crippen molar-refractivity contribution in [3.05, 3.63) is 120 Å². The number of hydrogen-bond acceptors (Lipinski definition) is 8. The standard InChI is InChI=1S/C36H36FN3O8S/c37-29-9-6-27(7-10-29)23-40(35(41)24-46-30-11-13-31(14-12-30)49(43,44)39-16-18-45-19-17-39)32(20-26-4-2-1-3-5-26)36(42)38-22-28-8-15-33-34(21-28)48-25-47-33/h1-15,21,32H,16-20,22-25H2,(H,38,42)/t32-/m0/s1. The molecule has 0 spiro atoms. The lowest BCUT2D eigenvalue weighted by molar-refractivity contribution is -0.142. The Morgan fingerprint density at radius 1 is 0.857 bits per heavy atom. The molecule has 0 radical (unpaired) electrons. The molecule has 0 bridgehead atoms. The SMILES string of the molecule is O=C(NCc1ccc2c(c1)OCO2)[C@H](Cc1ccccc1)N(Cc1ccc(F)cc1)C(=O)COc1ccc(S(=O)(=O)N2CCOCC2)cc1. The van der Waals surface area contributed by atoms with Gasteiger partial charge in [-0.1, -0.05) is 48.5 Å². The number of sulfonamides is 1. The maximum atomic E-state index is 14.0. The van der Waals surface area contributed by atoms with Crippen molar-refractivity contribution in [1.29, 1.82) is 0 Å². The van der Waals surface area contributed by atoms with Gasteiger partial charge in [0.1, 0.15) is 17.6 Å². The van der Waals surface area contributed by atoms with Crippen LogP contribution in [0.4, 0.5) is 4.39 Å². The molecule has 2 aliphatic heterocycles. The summed E-state index contributed by atoms with van der Waals surface area (Å²) in [4.78, 5) is 29.4. The number of hydrogen-bond donors (Lipinski definition) is 1. The van der Waals surface area contributed by atoms with Crippen LogP contribution in [0.15, 0.2) is 102 Å². The average molecular weight is 690 g/mol. The average Bonchev–Trinajstić information content (AvgIpc) is 3.61. The molecular weight excluding hydrogens is 653 g/mol. The Bertz CT molecular complexity index is 1850. The van der Waals surface area contributed by atoms with E-state index in [1.165, 1.54) is 45.6 Å². The summed E-state index contributed by atoms with van der Waals surface area (Å²) in [5, 5.41) is 2.96. The third-order valence-electron chi connectivity index (χ3n) is 8.23. The zero-order valence-electron chi connectivity index (χ0n) is 26.6. The van der Waals surface area contributed by atoms with Gasteiger partial charge in [0.2, 0.25) is 22.7 Å². The van der Waals surface area contributed by atoms with Gasteiger partial charge in [-0.05, 0) is 65.2 Å². The van der Waals surface area contributed by atoms with Crippen molar-refractivity contribution in [3.8, 4) is 17.2 Å². The molecular formula is C36H36FN3O8S. The minimum absolute atomic E-state index is 0.00808. The van der Waals surface area contributed by atoms with Crippen LogP contribution in [-0.4, -0.2) is 75.2 Å². The van der Waals surface area contributed by atoms with E-state index in [2.05, 4.69) is 5.32 Å². The van der Waals surface area contributed by atoms with E-state index in [4.69, 9.17) is 18.9 Å². The first-order valence-corrected chi connectivity index (χ1v) is 17.2. The van der Waals surface area contributed by atoms with Gasteiger partial charge in [-0.3, -0.25) is 9.59 Å². The fourth-order valence-corrected chi connectivity index (χ4v) is 6.98. The van der Waals surface area contributed by atoms with Crippen LogP contribution in [0.2, 0.25) is 0 Å². The fourth-order valence-electron chi connectivity index (χ4n) is 5.57. The molecule has 0 saturated carbocycles. The maximum Gasteiger partial charge on any atom is 0.261 e. The smallest absolute Gasteiger partial charge is 0.261 e. The number of rotatable bonds is 13. The van der Waals surface area contributed by atoms with E-state index in [-0.39, 0.29) is 50.0 Å². The van der Waals surface area contributed by atoms with Crippen LogP contribution in [0.1, 0.15) is 16.7 Å². The van der Waals surface area contributed by atoms with E-state index >= 15 is 0 Å². The second-order valence-corrected chi connectivity index (χ2v) is 13.5. The number of nitrogens with zero attached hydrogens (tertiary/aromatic N) is 2. The molecule has 4 aromatic carbocycles. The minimum Gasteiger partial charge on any atom is -0.484 e. The highest BCUT2D eigenvalue weighted by molar-refractivity contribution is 7.89. The summed E-state index contributed by atoms with van der Waals surface area (Å²) >= 11 is 0. The van der Waals surface area contributed by atoms with Crippen LogP contribution in [0.25, 0.3) is 0 Å². The third kappa shape index (κ3) is 8.55. The molecule has 2 aliphatic rings. The van der Waals surface area contributed by atoms with Gasteiger partial charge in [-0.2, -0.15) is 4.31 Å². The van der Waals surface area contributed by atoms with E-state index in [0.717, 1.165) is 11.1 Å². The lowest BCUT2D eigenvalue weighted by Crippen LogP contribution is -2.51. The number of benzene rings is 4. The highest BCUT2D eigenvalue weighted by Gasteiger charge is 2.31. The van der Waals surface area contributed by atoms with Gasteiger partial charge in [0, 0.05) is 32.6 Å². The summed E-state index contributed by atoms with van der Waals surface area (Å²) in [7, 11) is -3.70. The molecule has 49 heavy (non-hydrogen) atoms. The molecule has 13 heteroatoms. The van der Waals surface area contributed by atoms with Crippen LogP contribution in [-0.2, 0) is 43.9 Å². The van der Waals surface area contributed by atoms with Crippen LogP contribution in [0.5, 0.6) is 17.2 Å². The number of halogens is 1. The van der Waals surface area contributed by atoms with Crippen molar-refractivity contribution in [1.82, 2.24) is 14.5 Å². The summed E-state index contributed by atoms with van der Waals surface area (Å²) in [6.07, 6.45) is 0.203. The number of amides is 2. The highest BCUT2D eigenvalue weighted by atomic mass is 32.2. The van der Waals surface area contributed by atoms with Crippen molar-refractivity contribution in [2.75, 3.05) is 39.7 Å². The molecule has 2 heterocycles. The van der Waals surface area contributed by atoms with Gasteiger partial charge >= 0.3 is 0 Å². The normalized spacial score (nSPS) is 15.0. The molecule has 1 atom stereocenters. The molecule has 1 N–H and O–H groups in total. The molecule has 4 aromatic rings. The Balaban J connectivity index is 1.21. The monoisotopic (exact) mass is 689 g/mol. The molecule has 256 valence electrons. The molecule has 6 rings (SSSR count). The number of ether oxygens (including phenoxy) is 4. The lowest BCUT2D eigenvalue weighted by atomic mass is 10.0. The van der Waals surface area contributed by atoms with Gasteiger partial charge in [0.25, 0.3) is 5.91 Å². The number of fused-ring (bicyclic) bond motifs is 1. The summed E-state index contributed by atoms with van der Waals surface area (Å²) in [5.41, 5.74) is 2.24. The molecule has 1 saturated heterocycles. The van der Waals surface area contributed by atoms with Gasteiger partial charge in [0.05, 0.1) is 18.1 Å². The van der Waals surface area contributed by atoms with E-state index in [1.54, 1.807) is 24.3 Å². The fraction of sp³-hybridized carbons (Fsp3) is 0.278.